The number of aliphatic hydroxyl groups is 1. The van der Waals surface area contributed by atoms with Gasteiger partial charge in [0, 0.05) is 11.2 Å². The van der Waals surface area contributed by atoms with E-state index in [2.05, 4.69) is 5.32 Å². The number of likely N-dealkylation sites (N-methyl/N-ethyl adjacent to an activating group) is 1. The van der Waals surface area contributed by atoms with Gasteiger partial charge in [-0.05, 0) is 45.9 Å². The van der Waals surface area contributed by atoms with Gasteiger partial charge in [0.05, 0.1) is 13.2 Å². The van der Waals surface area contributed by atoms with Crippen molar-refractivity contribution in [3.8, 4) is 0 Å². The summed E-state index contributed by atoms with van der Waals surface area (Å²) in [6.07, 6.45) is 0. The number of para-hydroxylation sites is 1. The van der Waals surface area contributed by atoms with Crippen LogP contribution in [-0.2, 0) is 4.79 Å². The Bertz CT molecular complexity index is 435. The highest BCUT2D eigenvalue weighted by Crippen LogP contribution is 2.19. The number of rotatable bonds is 5. The van der Waals surface area contributed by atoms with E-state index in [1.54, 1.807) is 0 Å². The van der Waals surface area contributed by atoms with Crippen LogP contribution < -0.4 is 5.32 Å². The maximum Gasteiger partial charge on any atom is 0.238 e. The number of carbonyl (C=O) groups excluding carboxylic acids is 1. The number of hydrogen-bond acceptors (Lipinski definition) is 3. The molecule has 2 N–H and O–H groups in total. The Balaban J connectivity index is 2.71. The smallest absolute Gasteiger partial charge is 0.238 e. The van der Waals surface area contributed by atoms with Crippen LogP contribution in [0.1, 0.15) is 25.0 Å². The van der Waals surface area contributed by atoms with Crippen molar-refractivity contribution < 1.29 is 9.90 Å². The molecule has 0 heterocycles. The summed E-state index contributed by atoms with van der Waals surface area (Å²) in [5.74, 6) is -0.0681. The average molecular weight is 264 g/mol. The van der Waals surface area contributed by atoms with Crippen molar-refractivity contribution in [2.24, 2.45) is 0 Å². The second-order valence-electron chi connectivity index (χ2n) is 5.64. The van der Waals surface area contributed by atoms with Crippen molar-refractivity contribution >= 4 is 11.6 Å². The van der Waals surface area contributed by atoms with E-state index in [-0.39, 0.29) is 19.1 Å². The Morgan fingerprint density at radius 3 is 2.32 bits per heavy atom. The number of hydrogen-bond donors (Lipinski definition) is 2. The molecule has 0 atom stereocenters. The van der Waals surface area contributed by atoms with Gasteiger partial charge in [-0.2, -0.15) is 0 Å². The van der Waals surface area contributed by atoms with E-state index in [4.69, 9.17) is 0 Å². The summed E-state index contributed by atoms with van der Waals surface area (Å²) in [7, 11) is 1.83. The third kappa shape index (κ3) is 4.04. The fourth-order valence-corrected chi connectivity index (χ4v) is 1.74. The van der Waals surface area contributed by atoms with E-state index in [0.717, 1.165) is 16.8 Å². The van der Waals surface area contributed by atoms with Crippen LogP contribution in [-0.4, -0.2) is 41.7 Å². The third-order valence-electron chi connectivity index (χ3n) is 3.55. The molecule has 0 aliphatic rings. The first kappa shape index (κ1) is 15.7. The largest absolute Gasteiger partial charge is 0.394 e. The monoisotopic (exact) mass is 264 g/mol. The van der Waals surface area contributed by atoms with Gasteiger partial charge in [0.15, 0.2) is 0 Å². The molecule has 19 heavy (non-hydrogen) atoms. The molecule has 1 aromatic carbocycles. The van der Waals surface area contributed by atoms with Gasteiger partial charge in [0.2, 0.25) is 5.91 Å². The molecule has 0 radical (unpaired) electrons. The number of nitrogens with zero attached hydrogens (tertiary/aromatic N) is 1. The van der Waals surface area contributed by atoms with Crippen LogP contribution in [0.3, 0.4) is 0 Å². The lowest BCUT2D eigenvalue weighted by atomic mass is 10.1. The predicted molar refractivity (Wildman–Crippen MR) is 78.3 cm³/mol. The van der Waals surface area contributed by atoms with E-state index in [1.807, 2.05) is 57.8 Å². The van der Waals surface area contributed by atoms with Gasteiger partial charge < -0.3 is 10.4 Å². The van der Waals surface area contributed by atoms with Crippen molar-refractivity contribution in [3.63, 3.8) is 0 Å². The molecule has 1 rings (SSSR count). The highest BCUT2D eigenvalue weighted by Gasteiger charge is 2.24. The molecular formula is C15H24N2O2. The zero-order valence-corrected chi connectivity index (χ0v) is 12.4. The second-order valence-corrected chi connectivity index (χ2v) is 5.64. The Labute approximate surface area is 115 Å². The molecule has 0 bridgehead atoms. The molecule has 0 saturated carbocycles. The van der Waals surface area contributed by atoms with Gasteiger partial charge in [-0.25, -0.2) is 0 Å². The van der Waals surface area contributed by atoms with Gasteiger partial charge in [0.1, 0.15) is 0 Å². The number of amides is 1. The Kier molecular flexibility index (Phi) is 5.09. The average Bonchev–Trinajstić information content (AvgIpc) is 2.34. The van der Waals surface area contributed by atoms with Crippen LogP contribution in [0.25, 0.3) is 0 Å². The lowest BCUT2D eigenvalue weighted by molar-refractivity contribution is -0.118. The molecule has 4 heteroatoms. The minimum atomic E-state index is -0.405. The molecule has 0 unspecified atom stereocenters. The highest BCUT2D eigenvalue weighted by atomic mass is 16.3. The van der Waals surface area contributed by atoms with Gasteiger partial charge in [-0.1, -0.05) is 18.2 Å². The Morgan fingerprint density at radius 1 is 1.32 bits per heavy atom. The molecule has 0 aromatic heterocycles. The number of aryl methyl sites for hydroxylation is 2. The minimum Gasteiger partial charge on any atom is -0.394 e. The van der Waals surface area contributed by atoms with E-state index in [9.17, 15) is 9.90 Å². The number of carbonyl (C=O) groups is 1. The van der Waals surface area contributed by atoms with Gasteiger partial charge in [-0.3, -0.25) is 9.69 Å². The predicted octanol–water partition coefficient (Wildman–Crippen LogP) is 1.94. The van der Waals surface area contributed by atoms with E-state index in [1.165, 1.54) is 0 Å². The Hall–Kier alpha value is -1.39. The third-order valence-corrected chi connectivity index (χ3v) is 3.55. The van der Waals surface area contributed by atoms with Crippen LogP contribution in [0.5, 0.6) is 0 Å². The van der Waals surface area contributed by atoms with Crippen molar-refractivity contribution in [2.75, 3.05) is 25.5 Å². The SMILES string of the molecule is Cc1cccc(C)c1NC(=O)CN(C)C(C)(C)CO. The normalized spacial score (nSPS) is 11.7. The maximum atomic E-state index is 12.1. The molecule has 0 aliphatic heterocycles. The molecule has 4 nitrogen and oxygen atoms in total. The lowest BCUT2D eigenvalue weighted by Crippen LogP contribution is -2.47. The first-order valence-electron chi connectivity index (χ1n) is 6.46. The molecule has 0 spiro atoms. The van der Waals surface area contributed by atoms with Gasteiger partial charge in [-0.15, -0.1) is 0 Å². The lowest BCUT2D eigenvalue weighted by Gasteiger charge is -2.33. The van der Waals surface area contributed by atoms with Crippen molar-refractivity contribution in [1.29, 1.82) is 0 Å². The molecule has 106 valence electrons. The summed E-state index contributed by atoms with van der Waals surface area (Å²) in [5.41, 5.74) is 2.58. The zero-order valence-electron chi connectivity index (χ0n) is 12.4. The molecular weight excluding hydrogens is 240 g/mol. The number of aliphatic hydroxyl groups excluding tert-OH is 1. The van der Waals surface area contributed by atoms with E-state index >= 15 is 0 Å². The minimum absolute atomic E-state index is 0.0141. The fourth-order valence-electron chi connectivity index (χ4n) is 1.74. The topological polar surface area (TPSA) is 52.6 Å². The Morgan fingerprint density at radius 2 is 1.84 bits per heavy atom. The summed E-state index contributed by atoms with van der Waals surface area (Å²) in [6, 6.07) is 5.93. The summed E-state index contributed by atoms with van der Waals surface area (Å²) < 4.78 is 0. The second kappa shape index (κ2) is 6.17. The zero-order chi connectivity index (χ0) is 14.6. The molecule has 1 aromatic rings. The molecule has 0 fully saturated rings. The van der Waals surface area contributed by atoms with Gasteiger partial charge in [0.25, 0.3) is 0 Å². The van der Waals surface area contributed by atoms with Crippen LogP contribution in [0.15, 0.2) is 18.2 Å². The number of benzene rings is 1. The summed E-state index contributed by atoms with van der Waals surface area (Å²) in [6.45, 7) is 8.02. The molecule has 1 amide bonds. The van der Waals surface area contributed by atoms with Crippen LogP contribution in [0.4, 0.5) is 5.69 Å². The van der Waals surface area contributed by atoms with Crippen molar-refractivity contribution in [3.05, 3.63) is 29.3 Å². The molecule has 0 saturated heterocycles. The first-order valence-corrected chi connectivity index (χ1v) is 6.46. The van der Waals surface area contributed by atoms with Crippen molar-refractivity contribution in [1.82, 2.24) is 4.90 Å². The maximum absolute atomic E-state index is 12.1. The van der Waals surface area contributed by atoms with Crippen molar-refractivity contribution in [2.45, 2.75) is 33.2 Å². The number of nitrogens with one attached hydrogen (secondary N) is 1. The van der Waals surface area contributed by atoms with E-state index < -0.39 is 5.54 Å². The molecule has 0 aliphatic carbocycles. The van der Waals surface area contributed by atoms with Crippen LogP contribution >= 0.6 is 0 Å². The van der Waals surface area contributed by atoms with E-state index in [0.29, 0.717) is 0 Å². The summed E-state index contributed by atoms with van der Waals surface area (Å²) in [5, 5.41) is 12.2. The summed E-state index contributed by atoms with van der Waals surface area (Å²) in [4.78, 5) is 13.9. The number of anilines is 1. The standard InChI is InChI=1S/C15H24N2O2/c1-11-7-6-8-12(2)14(11)16-13(19)9-17(5)15(3,4)10-18/h6-8,18H,9-10H2,1-5H3,(H,16,19). The van der Waals surface area contributed by atoms with Crippen LogP contribution in [0.2, 0.25) is 0 Å². The first-order chi connectivity index (χ1) is 8.77. The quantitative estimate of drug-likeness (QED) is 0.854. The highest BCUT2D eigenvalue weighted by molar-refractivity contribution is 5.93. The summed E-state index contributed by atoms with van der Waals surface area (Å²) >= 11 is 0. The van der Waals surface area contributed by atoms with Gasteiger partial charge >= 0.3 is 0 Å². The van der Waals surface area contributed by atoms with Crippen LogP contribution in [0, 0.1) is 13.8 Å². The fraction of sp³-hybridized carbons (Fsp3) is 0.533.